The first-order valence-corrected chi connectivity index (χ1v) is 7.68. The lowest BCUT2D eigenvalue weighted by atomic mass is 9.97. The summed E-state index contributed by atoms with van der Waals surface area (Å²) in [6.45, 7) is 2.43. The third-order valence-electron chi connectivity index (χ3n) is 4.08. The Morgan fingerprint density at radius 3 is 2.73 bits per heavy atom. The van der Waals surface area contributed by atoms with Gasteiger partial charge in [0.1, 0.15) is 5.82 Å². The molecule has 1 heterocycles. The van der Waals surface area contributed by atoms with Crippen LogP contribution < -0.4 is 16.0 Å². The van der Waals surface area contributed by atoms with E-state index in [0.29, 0.717) is 26.1 Å². The van der Waals surface area contributed by atoms with Crippen LogP contribution in [0.25, 0.3) is 0 Å². The number of benzene rings is 1. The number of amides is 2. The molecule has 1 aliphatic heterocycles. The quantitative estimate of drug-likeness (QED) is 0.648. The minimum absolute atomic E-state index is 0.0257. The number of hydrogen-bond acceptors (Lipinski definition) is 2. The van der Waals surface area contributed by atoms with Gasteiger partial charge in [0.15, 0.2) is 6.54 Å². The largest absolute Gasteiger partial charge is 0.369 e. The van der Waals surface area contributed by atoms with E-state index in [1.165, 1.54) is 12.1 Å². The Kier molecular flexibility index (Phi) is 5.89. The molecule has 1 aromatic carbocycles. The number of carbonyl (C=O) groups is 2. The number of rotatable bonds is 6. The molecule has 2 rings (SSSR count). The summed E-state index contributed by atoms with van der Waals surface area (Å²) in [4.78, 5) is 24.3. The Hall–Kier alpha value is -1.95. The summed E-state index contributed by atoms with van der Waals surface area (Å²) in [6.07, 6.45) is 2.42. The van der Waals surface area contributed by atoms with Crippen LogP contribution in [0.4, 0.5) is 4.39 Å². The molecule has 6 heteroatoms. The second-order valence-corrected chi connectivity index (χ2v) is 5.85. The summed E-state index contributed by atoms with van der Waals surface area (Å²) in [5.74, 6) is -0.669. The Morgan fingerprint density at radius 2 is 2.05 bits per heavy atom. The summed E-state index contributed by atoms with van der Waals surface area (Å²) in [6, 6.07) is 6.27. The van der Waals surface area contributed by atoms with Crippen LogP contribution in [-0.2, 0) is 16.0 Å². The van der Waals surface area contributed by atoms with Crippen LogP contribution in [0.3, 0.4) is 0 Å². The topological polar surface area (TPSA) is 76.6 Å². The smallest absolute Gasteiger partial charge is 0.275 e. The molecular weight excluding hydrogens is 285 g/mol. The summed E-state index contributed by atoms with van der Waals surface area (Å²) in [5, 5.41) is 2.87. The van der Waals surface area contributed by atoms with Crippen molar-refractivity contribution in [3.63, 3.8) is 0 Å². The molecule has 2 atom stereocenters. The molecule has 0 spiro atoms. The van der Waals surface area contributed by atoms with Crippen molar-refractivity contribution >= 4 is 11.8 Å². The van der Waals surface area contributed by atoms with Crippen molar-refractivity contribution in [3.8, 4) is 0 Å². The molecule has 0 aromatic heterocycles. The molecule has 120 valence electrons. The van der Waals surface area contributed by atoms with Gasteiger partial charge in [-0.1, -0.05) is 12.1 Å². The maximum Gasteiger partial charge on any atom is 0.275 e. The normalized spacial score (nSPS) is 21.3. The molecule has 1 fully saturated rings. The number of primary amides is 1. The molecule has 1 unspecified atom stereocenters. The number of quaternary nitrogens is 1. The minimum atomic E-state index is -0.270. The van der Waals surface area contributed by atoms with E-state index in [9.17, 15) is 14.0 Å². The van der Waals surface area contributed by atoms with Gasteiger partial charge >= 0.3 is 0 Å². The van der Waals surface area contributed by atoms with Crippen molar-refractivity contribution in [1.82, 2.24) is 5.32 Å². The van der Waals surface area contributed by atoms with Crippen molar-refractivity contribution < 1.29 is 18.9 Å². The predicted molar refractivity (Wildman–Crippen MR) is 80.6 cm³/mol. The Labute approximate surface area is 129 Å². The second-order valence-electron chi connectivity index (χ2n) is 5.85. The number of likely N-dealkylation sites (tertiary alicyclic amines) is 1. The van der Waals surface area contributed by atoms with Gasteiger partial charge in [0.2, 0.25) is 5.91 Å². The van der Waals surface area contributed by atoms with E-state index >= 15 is 0 Å². The summed E-state index contributed by atoms with van der Waals surface area (Å²) in [5.41, 5.74) is 6.32. The number of carbonyl (C=O) groups excluding carboxylic acids is 2. The van der Waals surface area contributed by atoms with Crippen LogP contribution in [0.1, 0.15) is 18.4 Å². The van der Waals surface area contributed by atoms with E-state index in [1.54, 1.807) is 12.1 Å². The maximum atomic E-state index is 12.8. The molecule has 1 saturated heterocycles. The number of piperidine rings is 1. The summed E-state index contributed by atoms with van der Waals surface area (Å²) < 4.78 is 12.8. The second kappa shape index (κ2) is 7.89. The first-order chi connectivity index (χ1) is 10.5. The highest BCUT2D eigenvalue weighted by Crippen LogP contribution is 2.05. The van der Waals surface area contributed by atoms with Gasteiger partial charge in [0.05, 0.1) is 19.0 Å². The van der Waals surface area contributed by atoms with Gasteiger partial charge in [-0.3, -0.25) is 9.59 Å². The van der Waals surface area contributed by atoms with Gasteiger partial charge in [0, 0.05) is 6.54 Å². The standard InChI is InChI=1S/C16H22FN3O2/c17-14-5-3-12(4-6-14)7-8-19-15(21)11-20-9-1-2-13(10-20)16(18)22/h3-6,13H,1-2,7-11H2,(H2,18,22)(H,19,21)/p+1/t13-/m0/s1. The van der Waals surface area contributed by atoms with Gasteiger partial charge in [-0.2, -0.15) is 0 Å². The zero-order valence-corrected chi connectivity index (χ0v) is 12.6. The summed E-state index contributed by atoms with van der Waals surface area (Å²) in [7, 11) is 0. The molecule has 5 nitrogen and oxygen atoms in total. The van der Waals surface area contributed by atoms with E-state index in [4.69, 9.17) is 5.73 Å². The number of halogens is 1. The Balaban J connectivity index is 1.69. The third kappa shape index (κ3) is 5.11. The van der Waals surface area contributed by atoms with Crippen molar-refractivity contribution in [2.75, 3.05) is 26.2 Å². The maximum absolute atomic E-state index is 12.8. The van der Waals surface area contributed by atoms with E-state index in [2.05, 4.69) is 5.32 Å². The third-order valence-corrected chi connectivity index (χ3v) is 4.08. The van der Waals surface area contributed by atoms with E-state index in [1.807, 2.05) is 0 Å². The average Bonchev–Trinajstić information content (AvgIpc) is 2.49. The first kappa shape index (κ1) is 16.4. The number of hydrogen-bond donors (Lipinski definition) is 3. The fraction of sp³-hybridized carbons (Fsp3) is 0.500. The lowest BCUT2D eigenvalue weighted by Crippen LogP contribution is -3.15. The molecule has 0 bridgehead atoms. The average molecular weight is 308 g/mol. The fourth-order valence-corrected chi connectivity index (χ4v) is 2.84. The van der Waals surface area contributed by atoms with Crippen molar-refractivity contribution in [2.45, 2.75) is 19.3 Å². The van der Waals surface area contributed by atoms with Gasteiger partial charge in [-0.25, -0.2) is 4.39 Å². The van der Waals surface area contributed by atoms with E-state index in [0.717, 1.165) is 29.8 Å². The van der Waals surface area contributed by atoms with Crippen molar-refractivity contribution in [3.05, 3.63) is 35.6 Å². The van der Waals surface area contributed by atoms with Crippen LogP contribution in [0, 0.1) is 11.7 Å². The number of nitrogens with two attached hydrogens (primary N) is 1. The highest BCUT2D eigenvalue weighted by molar-refractivity contribution is 5.77. The van der Waals surface area contributed by atoms with Crippen molar-refractivity contribution in [1.29, 1.82) is 0 Å². The number of nitrogens with one attached hydrogen (secondary N) is 2. The van der Waals surface area contributed by atoms with Crippen molar-refractivity contribution in [2.24, 2.45) is 11.7 Å². The monoisotopic (exact) mass is 308 g/mol. The zero-order chi connectivity index (χ0) is 15.9. The minimum Gasteiger partial charge on any atom is -0.369 e. The first-order valence-electron chi connectivity index (χ1n) is 7.68. The molecule has 2 amide bonds. The van der Waals surface area contributed by atoms with E-state index in [-0.39, 0.29) is 23.5 Å². The zero-order valence-electron chi connectivity index (χ0n) is 12.6. The molecule has 0 saturated carbocycles. The Morgan fingerprint density at radius 1 is 1.32 bits per heavy atom. The van der Waals surface area contributed by atoms with Crippen LogP contribution in [0.5, 0.6) is 0 Å². The van der Waals surface area contributed by atoms with Crippen LogP contribution in [0.2, 0.25) is 0 Å². The lowest BCUT2D eigenvalue weighted by Gasteiger charge is -2.27. The Bertz CT molecular complexity index is 519. The molecule has 1 aromatic rings. The highest BCUT2D eigenvalue weighted by atomic mass is 19.1. The summed E-state index contributed by atoms with van der Waals surface area (Å²) >= 11 is 0. The SMILES string of the molecule is NC(=O)[C@H]1CCC[NH+](CC(=O)NCCc2ccc(F)cc2)C1. The van der Waals surface area contributed by atoms with Gasteiger partial charge in [-0.15, -0.1) is 0 Å². The van der Waals surface area contributed by atoms with Crippen LogP contribution in [0.15, 0.2) is 24.3 Å². The molecule has 22 heavy (non-hydrogen) atoms. The molecule has 0 aliphatic carbocycles. The molecule has 4 N–H and O–H groups in total. The highest BCUT2D eigenvalue weighted by Gasteiger charge is 2.28. The lowest BCUT2D eigenvalue weighted by molar-refractivity contribution is -0.899. The van der Waals surface area contributed by atoms with E-state index < -0.39 is 0 Å². The predicted octanol–water partition coefficient (Wildman–Crippen LogP) is -0.735. The molecule has 0 radical (unpaired) electrons. The van der Waals surface area contributed by atoms with Gasteiger partial charge in [-0.05, 0) is 37.0 Å². The van der Waals surface area contributed by atoms with Gasteiger partial charge in [0.25, 0.3) is 5.91 Å². The van der Waals surface area contributed by atoms with Gasteiger partial charge < -0.3 is 16.0 Å². The fourth-order valence-electron chi connectivity index (χ4n) is 2.84. The molecular formula is C16H23FN3O2+. The molecule has 1 aliphatic rings. The van der Waals surface area contributed by atoms with Crippen LogP contribution >= 0.6 is 0 Å². The van der Waals surface area contributed by atoms with Crippen LogP contribution in [-0.4, -0.2) is 38.0 Å².